The van der Waals surface area contributed by atoms with Crippen molar-refractivity contribution in [3.05, 3.63) is 40.3 Å². The quantitative estimate of drug-likeness (QED) is 0.447. The predicted octanol–water partition coefficient (Wildman–Crippen LogP) is 1.52. The molecule has 9 nitrogen and oxygen atoms in total. The topological polar surface area (TPSA) is 126 Å². The first-order valence-electron chi connectivity index (χ1n) is 8.50. The highest BCUT2D eigenvalue weighted by atomic mass is 16.8. The maximum absolute atomic E-state index is 10.6. The molecule has 0 amide bonds. The lowest BCUT2D eigenvalue weighted by Crippen LogP contribution is -2.58. The van der Waals surface area contributed by atoms with Crippen molar-refractivity contribution in [3.63, 3.8) is 0 Å². The number of fused-ring (bicyclic) bond motifs is 1. The van der Waals surface area contributed by atoms with Crippen LogP contribution in [0.5, 0.6) is 5.75 Å². The van der Waals surface area contributed by atoms with Crippen molar-refractivity contribution in [1.29, 1.82) is 0 Å². The smallest absolute Gasteiger partial charge is 0.229 e. The molecule has 0 saturated carbocycles. The molecule has 0 aliphatic carbocycles. The van der Waals surface area contributed by atoms with Crippen LogP contribution >= 0.6 is 0 Å². The fraction of sp³-hybridized carbons (Fsp3) is 0.647. The second kappa shape index (κ2) is 7.79. The van der Waals surface area contributed by atoms with E-state index in [1.807, 2.05) is 12.1 Å². The van der Waals surface area contributed by atoms with Crippen LogP contribution in [-0.2, 0) is 20.6 Å². The van der Waals surface area contributed by atoms with Crippen LogP contribution in [-0.4, -0.2) is 59.9 Å². The minimum atomic E-state index is -1.06. The third kappa shape index (κ3) is 4.09. The number of rotatable bonds is 6. The van der Waals surface area contributed by atoms with Gasteiger partial charge in [-0.1, -0.05) is 17.2 Å². The summed E-state index contributed by atoms with van der Waals surface area (Å²) in [4.78, 5) is 2.72. The van der Waals surface area contributed by atoms with Crippen molar-refractivity contribution in [2.75, 3.05) is 13.2 Å². The lowest BCUT2D eigenvalue weighted by atomic mass is 9.99. The second-order valence-electron chi connectivity index (χ2n) is 6.75. The molecule has 3 unspecified atom stereocenters. The van der Waals surface area contributed by atoms with E-state index in [0.29, 0.717) is 18.7 Å². The molecule has 3 rings (SSSR count). The minimum Gasteiger partial charge on any atom is -0.462 e. The number of hydrogen-bond acceptors (Lipinski definition) is 7. The van der Waals surface area contributed by atoms with E-state index in [2.05, 4.69) is 10.0 Å². The fourth-order valence-corrected chi connectivity index (χ4v) is 3.19. The lowest BCUT2D eigenvalue weighted by molar-refractivity contribution is -0.254. The van der Waals surface area contributed by atoms with Gasteiger partial charge in [-0.05, 0) is 43.5 Å². The Bertz CT molecular complexity index is 661. The van der Waals surface area contributed by atoms with Gasteiger partial charge in [-0.25, -0.2) is 0 Å². The molecule has 26 heavy (non-hydrogen) atoms. The average molecular weight is 365 g/mol. The number of ether oxygens (including phenoxy) is 4. The minimum absolute atomic E-state index is 0.272. The first-order valence-corrected chi connectivity index (χ1v) is 8.50. The Labute approximate surface area is 151 Å². The largest absolute Gasteiger partial charge is 0.462 e. The van der Waals surface area contributed by atoms with E-state index >= 15 is 0 Å². The van der Waals surface area contributed by atoms with Crippen molar-refractivity contribution in [3.8, 4) is 5.75 Å². The summed E-state index contributed by atoms with van der Waals surface area (Å²) in [7, 11) is 0. The molecular formula is C17H23N3O6. The highest BCUT2D eigenvalue weighted by Crippen LogP contribution is 2.37. The molecule has 0 aromatic heterocycles. The Morgan fingerprint density at radius 1 is 1.23 bits per heavy atom. The van der Waals surface area contributed by atoms with Crippen LogP contribution in [0.15, 0.2) is 29.4 Å². The van der Waals surface area contributed by atoms with Crippen LogP contribution in [0, 0.1) is 0 Å². The van der Waals surface area contributed by atoms with Crippen LogP contribution in [0.3, 0.4) is 0 Å². The normalized spacial score (nSPS) is 32.5. The number of aliphatic hydroxyl groups is 2. The molecule has 2 fully saturated rings. The SMILES string of the molecule is CC1(C)OC2C(O)[C@H](Oc3ccc(CCN=[N+]=[N-])cc3)OC(CO)[C@@H]2O1. The molecule has 5 atom stereocenters. The molecule has 2 saturated heterocycles. The Morgan fingerprint density at radius 2 is 1.92 bits per heavy atom. The van der Waals surface area contributed by atoms with Crippen LogP contribution in [0.2, 0.25) is 0 Å². The molecule has 2 N–H and O–H groups in total. The first kappa shape index (κ1) is 18.9. The van der Waals surface area contributed by atoms with E-state index in [1.165, 1.54) is 0 Å². The van der Waals surface area contributed by atoms with Gasteiger partial charge in [0.1, 0.15) is 30.2 Å². The zero-order valence-electron chi connectivity index (χ0n) is 14.7. The molecule has 1 aromatic carbocycles. The summed E-state index contributed by atoms with van der Waals surface area (Å²) < 4.78 is 22.9. The van der Waals surface area contributed by atoms with E-state index in [9.17, 15) is 10.2 Å². The molecular weight excluding hydrogens is 342 g/mol. The summed E-state index contributed by atoms with van der Waals surface area (Å²) in [6, 6.07) is 7.19. The van der Waals surface area contributed by atoms with Crippen LogP contribution < -0.4 is 4.74 Å². The van der Waals surface area contributed by atoms with Crippen molar-refractivity contribution >= 4 is 0 Å². The summed E-state index contributed by atoms with van der Waals surface area (Å²) in [6.07, 6.45) is -3.28. The summed E-state index contributed by atoms with van der Waals surface area (Å²) in [5, 5.41) is 23.6. The van der Waals surface area contributed by atoms with E-state index < -0.39 is 36.5 Å². The molecule has 2 aliphatic rings. The number of azide groups is 1. The number of benzene rings is 1. The van der Waals surface area contributed by atoms with Crippen LogP contribution in [0.25, 0.3) is 10.4 Å². The van der Waals surface area contributed by atoms with Gasteiger partial charge < -0.3 is 29.2 Å². The third-order valence-electron chi connectivity index (χ3n) is 4.37. The lowest BCUT2D eigenvalue weighted by Gasteiger charge is -2.39. The second-order valence-corrected chi connectivity index (χ2v) is 6.75. The molecule has 2 heterocycles. The van der Waals surface area contributed by atoms with Gasteiger partial charge in [-0.15, -0.1) is 0 Å². The van der Waals surface area contributed by atoms with E-state index in [0.717, 1.165) is 5.56 Å². The fourth-order valence-electron chi connectivity index (χ4n) is 3.19. The van der Waals surface area contributed by atoms with Gasteiger partial charge in [-0.3, -0.25) is 0 Å². The standard InChI is InChI=1S/C17H23N3O6/c1-17(2)25-14-12(9-21)24-16(13(22)15(14)26-17)23-11-5-3-10(4-6-11)7-8-19-20-18/h3-6,12-16,21-22H,7-9H2,1-2H3/t12?,13?,14-,15?,16+/m0/s1. The Kier molecular flexibility index (Phi) is 5.67. The van der Waals surface area contributed by atoms with Crippen molar-refractivity contribution in [1.82, 2.24) is 0 Å². The monoisotopic (exact) mass is 365 g/mol. The Hall–Kier alpha value is -1.87. The Balaban J connectivity index is 1.66. The predicted molar refractivity (Wildman–Crippen MR) is 90.4 cm³/mol. The summed E-state index contributed by atoms with van der Waals surface area (Å²) >= 11 is 0. The molecule has 0 spiro atoms. The van der Waals surface area contributed by atoms with Crippen molar-refractivity contribution < 1.29 is 29.2 Å². The molecule has 142 valence electrons. The van der Waals surface area contributed by atoms with Gasteiger partial charge in [0.05, 0.1) is 6.61 Å². The first-order chi connectivity index (χ1) is 12.4. The van der Waals surface area contributed by atoms with E-state index in [-0.39, 0.29) is 6.61 Å². The van der Waals surface area contributed by atoms with Crippen molar-refractivity contribution in [2.24, 2.45) is 5.11 Å². The van der Waals surface area contributed by atoms with Crippen LogP contribution in [0.1, 0.15) is 19.4 Å². The summed E-state index contributed by atoms with van der Waals surface area (Å²) in [5.41, 5.74) is 9.30. The zero-order valence-corrected chi connectivity index (χ0v) is 14.7. The maximum Gasteiger partial charge on any atom is 0.229 e. The van der Waals surface area contributed by atoms with Gasteiger partial charge in [0.2, 0.25) is 6.29 Å². The number of nitrogens with zero attached hydrogens (tertiary/aromatic N) is 3. The van der Waals surface area contributed by atoms with Gasteiger partial charge >= 0.3 is 0 Å². The Morgan fingerprint density at radius 3 is 2.58 bits per heavy atom. The van der Waals surface area contributed by atoms with Crippen molar-refractivity contribution in [2.45, 2.75) is 56.8 Å². The zero-order chi connectivity index (χ0) is 18.7. The van der Waals surface area contributed by atoms with Crippen LogP contribution in [0.4, 0.5) is 0 Å². The summed E-state index contributed by atoms with van der Waals surface area (Å²) in [5.74, 6) is -0.356. The highest BCUT2D eigenvalue weighted by molar-refractivity contribution is 5.27. The van der Waals surface area contributed by atoms with Gasteiger partial charge in [0, 0.05) is 11.5 Å². The van der Waals surface area contributed by atoms with Gasteiger partial charge in [0.25, 0.3) is 0 Å². The van der Waals surface area contributed by atoms with E-state index in [4.69, 9.17) is 24.5 Å². The highest BCUT2D eigenvalue weighted by Gasteiger charge is 2.55. The third-order valence-corrected chi connectivity index (χ3v) is 4.37. The number of hydrogen-bond donors (Lipinski definition) is 2. The molecule has 1 aromatic rings. The number of aliphatic hydroxyl groups excluding tert-OH is 2. The van der Waals surface area contributed by atoms with Gasteiger partial charge in [-0.2, -0.15) is 0 Å². The summed E-state index contributed by atoms with van der Waals surface area (Å²) in [6.45, 7) is 3.61. The van der Waals surface area contributed by atoms with E-state index in [1.54, 1.807) is 26.0 Å². The molecule has 0 radical (unpaired) electrons. The average Bonchev–Trinajstić information content (AvgIpc) is 2.95. The van der Waals surface area contributed by atoms with Gasteiger partial charge in [0.15, 0.2) is 5.79 Å². The maximum atomic E-state index is 10.6. The molecule has 9 heteroatoms. The molecule has 2 aliphatic heterocycles. The molecule has 0 bridgehead atoms.